The Morgan fingerprint density at radius 1 is 1.17 bits per heavy atom. The van der Waals surface area contributed by atoms with Crippen LogP contribution in [0, 0.1) is 11.8 Å². The second-order valence-electron chi connectivity index (χ2n) is 8.38. The number of ether oxygens (including phenoxy) is 3. The summed E-state index contributed by atoms with van der Waals surface area (Å²) in [6, 6.07) is 0. The minimum atomic E-state index is -1.53. The normalized spacial score (nSPS) is 46.2. The van der Waals surface area contributed by atoms with Crippen molar-refractivity contribution in [3.05, 3.63) is 23.3 Å². The number of esters is 1. The summed E-state index contributed by atoms with van der Waals surface area (Å²) in [7, 11) is 0. The lowest BCUT2D eigenvalue weighted by atomic mass is 9.84. The molecule has 3 aliphatic rings. The first-order valence-electron chi connectivity index (χ1n) is 10.4. The number of hydrogen-bond donors (Lipinski definition) is 5. The molecule has 0 spiro atoms. The van der Waals surface area contributed by atoms with Crippen LogP contribution in [0.4, 0.5) is 0 Å². The van der Waals surface area contributed by atoms with Gasteiger partial charge in [0.05, 0.1) is 25.2 Å². The van der Waals surface area contributed by atoms with Gasteiger partial charge in [0.25, 0.3) is 0 Å². The maximum Gasteiger partial charge on any atom is 0.309 e. The Hall–Kier alpha value is -1.33. The highest BCUT2D eigenvalue weighted by atomic mass is 16.7. The molecule has 9 heteroatoms. The van der Waals surface area contributed by atoms with E-state index < -0.39 is 49.5 Å². The Labute approximate surface area is 175 Å². The summed E-state index contributed by atoms with van der Waals surface area (Å²) in [6.45, 7) is 3.00. The second-order valence-corrected chi connectivity index (χ2v) is 8.38. The zero-order chi connectivity index (χ0) is 22.0. The van der Waals surface area contributed by atoms with Gasteiger partial charge in [0.1, 0.15) is 30.5 Å². The van der Waals surface area contributed by atoms with Gasteiger partial charge in [-0.3, -0.25) is 4.79 Å². The number of aliphatic hydroxyl groups excluding tert-OH is 5. The lowest BCUT2D eigenvalue weighted by Crippen LogP contribution is -2.59. The van der Waals surface area contributed by atoms with Crippen molar-refractivity contribution < 1.29 is 44.5 Å². The van der Waals surface area contributed by atoms with Crippen LogP contribution in [0.25, 0.3) is 0 Å². The third-order valence-corrected chi connectivity index (χ3v) is 6.39. The van der Waals surface area contributed by atoms with Gasteiger partial charge in [0.2, 0.25) is 0 Å². The second kappa shape index (κ2) is 9.86. The van der Waals surface area contributed by atoms with E-state index in [1.54, 1.807) is 0 Å². The Kier molecular flexibility index (Phi) is 7.67. The summed E-state index contributed by atoms with van der Waals surface area (Å²) < 4.78 is 16.9. The fraction of sp³-hybridized carbons (Fsp3) is 0.762. The number of rotatable bonds is 4. The van der Waals surface area contributed by atoms with Crippen LogP contribution >= 0.6 is 0 Å². The van der Waals surface area contributed by atoms with Crippen LogP contribution < -0.4 is 0 Å². The first kappa shape index (κ1) is 23.3. The summed E-state index contributed by atoms with van der Waals surface area (Å²) in [5, 5.41) is 49.4. The molecular weight excluding hydrogens is 396 g/mol. The van der Waals surface area contributed by atoms with Crippen LogP contribution in [0.1, 0.15) is 33.1 Å². The molecule has 9 nitrogen and oxygen atoms in total. The fourth-order valence-electron chi connectivity index (χ4n) is 4.29. The smallest absolute Gasteiger partial charge is 0.309 e. The van der Waals surface area contributed by atoms with Crippen LogP contribution in [-0.4, -0.2) is 87.6 Å². The lowest BCUT2D eigenvalue weighted by molar-refractivity contribution is -0.308. The number of aliphatic hydroxyl groups is 5. The number of carbonyl (C=O) groups is 1. The maximum absolute atomic E-state index is 12.1. The molecule has 170 valence electrons. The molecule has 0 aromatic rings. The number of fused-ring (bicyclic) bond motifs is 1. The van der Waals surface area contributed by atoms with Gasteiger partial charge in [-0.25, -0.2) is 0 Å². The molecule has 1 aliphatic carbocycles. The lowest BCUT2D eigenvalue weighted by Gasteiger charge is -2.41. The molecule has 0 bridgehead atoms. The highest BCUT2D eigenvalue weighted by molar-refractivity contribution is 5.75. The molecule has 0 aromatic carbocycles. The van der Waals surface area contributed by atoms with Gasteiger partial charge >= 0.3 is 5.97 Å². The molecule has 0 radical (unpaired) electrons. The van der Waals surface area contributed by atoms with Crippen LogP contribution in [0.2, 0.25) is 0 Å². The van der Waals surface area contributed by atoms with Gasteiger partial charge in [-0.05, 0) is 43.4 Å². The quantitative estimate of drug-likeness (QED) is 0.293. The molecule has 0 saturated carbocycles. The van der Waals surface area contributed by atoms with E-state index >= 15 is 0 Å². The standard InChI is InChI=1S/C21H32O9/c1-10-7-15-13(11(2)20(27)28-15)5-3-12(8-22)4-6-14(10)29-21-19(26)18(25)17(24)16(9-23)30-21/h4,7,11,13-19,21-26H,3,5-6,8-9H2,1-2H3/b10-7-,12-4+/t11-,13-,14-,15+,16+,17+,18-,19+,21+/m0/s1. The molecule has 2 aliphatic heterocycles. The average molecular weight is 428 g/mol. The Morgan fingerprint density at radius 2 is 1.90 bits per heavy atom. The van der Waals surface area contributed by atoms with Crippen molar-refractivity contribution in [1.82, 2.24) is 0 Å². The molecule has 5 N–H and O–H groups in total. The van der Waals surface area contributed by atoms with Crippen LogP contribution in [0.5, 0.6) is 0 Å². The average Bonchev–Trinajstić information content (AvgIpc) is 2.99. The minimum absolute atomic E-state index is 0.0200. The van der Waals surface area contributed by atoms with Crippen LogP contribution in [-0.2, 0) is 19.0 Å². The molecule has 2 saturated heterocycles. The van der Waals surface area contributed by atoms with Crippen molar-refractivity contribution in [2.45, 2.75) is 76.0 Å². The molecule has 0 aromatic heterocycles. The maximum atomic E-state index is 12.1. The molecule has 0 unspecified atom stereocenters. The van der Waals surface area contributed by atoms with Gasteiger partial charge in [-0.1, -0.05) is 13.0 Å². The third-order valence-electron chi connectivity index (χ3n) is 6.39. The van der Waals surface area contributed by atoms with Gasteiger partial charge in [0, 0.05) is 5.92 Å². The zero-order valence-electron chi connectivity index (χ0n) is 17.3. The summed E-state index contributed by atoms with van der Waals surface area (Å²) >= 11 is 0. The van der Waals surface area contributed by atoms with E-state index in [1.807, 2.05) is 26.0 Å². The van der Waals surface area contributed by atoms with E-state index in [4.69, 9.17) is 14.2 Å². The van der Waals surface area contributed by atoms with Crippen molar-refractivity contribution in [3.63, 3.8) is 0 Å². The number of hydrogen-bond acceptors (Lipinski definition) is 9. The largest absolute Gasteiger partial charge is 0.458 e. The van der Waals surface area contributed by atoms with Gasteiger partial charge in [-0.15, -0.1) is 0 Å². The molecular formula is C21H32O9. The summed E-state index contributed by atoms with van der Waals surface area (Å²) in [5.74, 6) is -0.522. The van der Waals surface area contributed by atoms with Gasteiger partial charge < -0.3 is 39.7 Å². The van der Waals surface area contributed by atoms with E-state index in [1.165, 1.54) is 0 Å². The van der Waals surface area contributed by atoms with E-state index in [-0.39, 0.29) is 24.4 Å². The van der Waals surface area contributed by atoms with E-state index in [0.29, 0.717) is 19.3 Å². The van der Waals surface area contributed by atoms with Gasteiger partial charge in [0.15, 0.2) is 6.29 Å². The molecule has 30 heavy (non-hydrogen) atoms. The highest BCUT2D eigenvalue weighted by Crippen LogP contribution is 2.36. The van der Waals surface area contributed by atoms with Crippen molar-refractivity contribution in [2.75, 3.05) is 13.2 Å². The molecule has 2 heterocycles. The van der Waals surface area contributed by atoms with Crippen molar-refractivity contribution >= 4 is 5.97 Å². The molecule has 9 atom stereocenters. The highest BCUT2D eigenvalue weighted by Gasteiger charge is 2.45. The number of carbonyl (C=O) groups excluding carboxylic acids is 1. The molecule has 3 rings (SSSR count). The van der Waals surface area contributed by atoms with Crippen molar-refractivity contribution in [3.8, 4) is 0 Å². The Bertz CT molecular complexity index is 673. The van der Waals surface area contributed by atoms with E-state index in [2.05, 4.69) is 0 Å². The molecule has 0 amide bonds. The first-order valence-corrected chi connectivity index (χ1v) is 10.4. The van der Waals surface area contributed by atoms with E-state index in [0.717, 1.165) is 11.1 Å². The van der Waals surface area contributed by atoms with Crippen molar-refractivity contribution in [1.29, 1.82) is 0 Å². The summed E-state index contributed by atoms with van der Waals surface area (Å²) in [4.78, 5) is 12.1. The monoisotopic (exact) mass is 428 g/mol. The van der Waals surface area contributed by atoms with Gasteiger partial charge in [-0.2, -0.15) is 0 Å². The topological polar surface area (TPSA) is 146 Å². The van der Waals surface area contributed by atoms with Crippen LogP contribution in [0.15, 0.2) is 23.3 Å². The SMILES string of the molecule is C/C1=C/[C@H]2OC(=O)[C@@H](C)[C@@H]2CC/C(CO)=C\C[C@@H]1O[C@@H]1O[C@H](CO)[C@@H](O)[C@H](O)[C@H]1O. The predicted molar refractivity (Wildman–Crippen MR) is 104 cm³/mol. The zero-order valence-corrected chi connectivity index (χ0v) is 17.3. The first-order chi connectivity index (χ1) is 14.3. The molecule has 2 fully saturated rings. The fourth-order valence-corrected chi connectivity index (χ4v) is 4.29. The van der Waals surface area contributed by atoms with Crippen LogP contribution in [0.3, 0.4) is 0 Å². The Morgan fingerprint density at radius 3 is 2.57 bits per heavy atom. The third kappa shape index (κ3) is 4.77. The summed E-state index contributed by atoms with van der Waals surface area (Å²) in [5.41, 5.74) is 1.57. The minimum Gasteiger partial charge on any atom is -0.458 e. The van der Waals surface area contributed by atoms with Crippen molar-refractivity contribution in [2.24, 2.45) is 11.8 Å². The summed E-state index contributed by atoms with van der Waals surface area (Å²) in [6.07, 6.45) is -2.44. The predicted octanol–water partition coefficient (Wildman–Crippen LogP) is -0.602. The van der Waals surface area contributed by atoms with E-state index in [9.17, 15) is 30.3 Å². The Balaban J connectivity index is 1.84.